The summed E-state index contributed by atoms with van der Waals surface area (Å²) in [4.78, 5) is 26.0. The summed E-state index contributed by atoms with van der Waals surface area (Å²) < 4.78 is 0. The number of carboxylic acids is 1. The molecular weight excluding hydrogens is 288 g/mol. The molecule has 0 saturated heterocycles. The first kappa shape index (κ1) is 15.8. The number of aliphatic carboxylic acids is 1. The number of thiophene rings is 1. The van der Waals surface area contributed by atoms with Crippen molar-refractivity contribution in [2.75, 3.05) is 7.05 Å². The molecule has 0 radical (unpaired) electrons. The Morgan fingerprint density at radius 3 is 2.57 bits per heavy atom. The quantitative estimate of drug-likeness (QED) is 0.898. The number of hydrogen-bond donors (Lipinski definition) is 2. The first-order valence-corrected chi connectivity index (χ1v) is 8.16. The van der Waals surface area contributed by atoms with E-state index in [1.54, 1.807) is 23.3 Å². The van der Waals surface area contributed by atoms with E-state index in [0.29, 0.717) is 12.8 Å². The fraction of sp³-hybridized carbons (Fsp3) is 0.600. The number of hydrogen-bond acceptors (Lipinski definition) is 3. The van der Waals surface area contributed by atoms with E-state index in [2.05, 4.69) is 5.32 Å². The maximum Gasteiger partial charge on any atom is 0.317 e. The number of rotatable bonds is 4. The lowest BCUT2D eigenvalue weighted by Gasteiger charge is -2.30. The second kappa shape index (κ2) is 6.93. The Morgan fingerprint density at radius 1 is 1.38 bits per heavy atom. The number of carbonyl (C=O) groups is 2. The summed E-state index contributed by atoms with van der Waals surface area (Å²) in [6.07, 6.45) is 2.77. The molecular formula is C15H22N2O3S. The average Bonchev–Trinajstić information content (AvgIpc) is 3.00. The number of urea groups is 1. The number of carbonyl (C=O) groups excluding carboxylic acids is 1. The molecule has 0 aliphatic heterocycles. The van der Waals surface area contributed by atoms with Crippen molar-refractivity contribution in [1.82, 2.24) is 10.2 Å². The molecule has 1 aromatic heterocycles. The van der Waals surface area contributed by atoms with Gasteiger partial charge < -0.3 is 15.3 Å². The van der Waals surface area contributed by atoms with Crippen molar-refractivity contribution >= 4 is 23.3 Å². The molecule has 6 heteroatoms. The van der Waals surface area contributed by atoms with Crippen LogP contribution in [0.3, 0.4) is 0 Å². The van der Waals surface area contributed by atoms with Crippen LogP contribution in [0.2, 0.25) is 0 Å². The van der Waals surface area contributed by atoms with Gasteiger partial charge in [-0.3, -0.25) is 4.79 Å². The number of nitrogens with zero attached hydrogens (tertiary/aromatic N) is 1. The normalized spacial score (nSPS) is 23.3. The molecule has 1 unspecified atom stereocenters. The van der Waals surface area contributed by atoms with Gasteiger partial charge in [-0.25, -0.2) is 4.79 Å². The third-order valence-corrected chi connectivity index (χ3v) is 5.30. The third kappa shape index (κ3) is 3.97. The lowest BCUT2D eigenvalue weighted by Crippen LogP contribution is -2.45. The van der Waals surface area contributed by atoms with Gasteiger partial charge in [0.05, 0.1) is 12.0 Å². The van der Waals surface area contributed by atoms with Crippen molar-refractivity contribution in [3.05, 3.63) is 22.4 Å². The summed E-state index contributed by atoms with van der Waals surface area (Å²) in [6.45, 7) is 2.01. The first-order chi connectivity index (χ1) is 9.99. The summed E-state index contributed by atoms with van der Waals surface area (Å²) >= 11 is 1.64. The van der Waals surface area contributed by atoms with Crippen LogP contribution in [0.15, 0.2) is 17.5 Å². The smallest absolute Gasteiger partial charge is 0.317 e. The standard InChI is InChI=1S/C15H22N2O3S/c1-10(13-4-3-9-21-13)17(2)15(20)16-12-7-5-11(6-8-12)14(18)19/h3-4,9-12H,5-8H2,1-2H3,(H,16,20)(H,18,19). The van der Waals surface area contributed by atoms with E-state index < -0.39 is 5.97 Å². The second-order valence-electron chi connectivity index (χ2n) is 5.64. The Labute approximate surface area is 129 Å². The highest BCUT2D eigenvalue weighted by Gasteiger charge is 2.28. The average molecular weight is 310 g/mol. The van der Waals surface area contributed by atoms with Crippen LogP contribution in [0.5, 0.6) is 0 Å². The van der Waals surface area contributed by atoms with Crippen LogP contribution in [0.1, 0.15) is 43.5 Å². The fourth-order valence-electron chi connectivity index (χ4n) is 2.66. The highest BCUT2D eigenvalue weighted by molar-refractivity contribution is 7.10. The third-order valence-electron chi connectivity index (χ3n) is 4.26. The molecule has 1 aliphatic rings. The van der Waals surface area contributed by atoms with Crippen molar-refractivity contribution in [3.63, 3.8) is 0 Å². The molecule has 0 spiro atoms. The Balaban J connectivity index is 1.83. The lowest BCUT2D eigenvalue weighted by atomic mass is 9.86. The van der Waals surface area contributed by atoms with Crippen LogP contribution in [-0.2, 0) is 4.79 Å². The molecule has 1 saturated carbocycles. The highest BCUT2D eigenvalue weighted by Crippen LogP contribution is 2.26. The Hall–Kier alpha value is -1.56. The fourth-order valence-corrected chi connectivity index (χ4v) is 3.48. The summed E-state index contributed by atoms with van der Waals surface area (Å²) in [5.74, 6) is -0.968. The van der Waals surface area contributed by atoms with Crippen molar-refractivity contribution in [2.45, 2.75) is 44.7 Å². The van der Waals surface area contributed by atoms with E-state index in [-0.39, 0.29) is 24.0 Å². The van der Waals surface area contributed by atoms with Gasteiger partial charge in [0.1, 0.15) is 0 Å². The van der Waals surface area contributed by atoms with Gasteiger partial charge in [0.25, 0.3) is 0 Å². The highest BCUT2D eigenvalue weighted by atomic mass is 32.1. The maximum atomic E-state index is 12.3. The number of amides is 2. The van der Waals surface area contributed by atoms with E-state index in [0.717, 1.165) is 17.7 Å². The summed E-state index contributed by atoms with van der Waals surface area (Å²) in [6, 6.07) is 4.05. The van der Waals surface area contributed by atoms with Crippen LogP contribution >= 0.6 is 11.3 Å². The molecule has 0 bridgehead atoms. The van der Waals surface area contributed by atoms with Gasteiger partial charge >= 0.3 is 12.0 Å². The zero-order chi connectivity index (χ0) is 15.4. The minimum atomic E-state index is -0.719. The van der Waals surface area contributed by atoms with Gasteiger partial charge in [0, 0.05) is 18.0 Å². The summed E-state index contributed by atoms with van der Waals surface area (Å²) in [5, 5.41) is 14.0. The molecule has 1 fully saturated rings. The minimum absolute atomic E-state index is 0.0420. The molecule has 2 N–H and O–H groups in total. The van der Waals surface area contributed by atoms with E-state index in [4.69, 9.17) is 5.11 Å². The van der Waals surface area contributed by atoms with Gasteiger partial charge in [-0.1, -0.05) is 6.07 Å². The van der Waals surface area contributed by atoms with Crippen LogP contribution in [-0.4, -0.2) is 35.1 Å². The maximum absolute atomic E-state index is 12.3. The molecule has 1 aliphatic carbocycles. The molecule has 2 rings (SSSR count). The van der Waals surface area contributed by atoms with Crippen LogP contribution in [0.4, 0.5) is 4.79 Å². The SMILES string of the molecule is CC(c1cccs1)N(C)C(=O)NC1CCC(C(=O)O)CC1. The summed E-state index contributed by atoms with van der Waals surface area (Å²) in [7, 11) is 1.79. The zero-order valence-electron chi connectivity index (χ0n) is 12.4. The zero-order valence-corrected chi connectivity index (χ0v) is 13.2. The van der Waals surface area contributed by atoms with Crippen LogP contribution in [0.25, 0.3) is 0 Å². The predicted molar refractivity (Wildman–Crippen MR) is 82.4 cm³/mol. The van der Waals surface area contributed by atoms with Crippen molar-refractivity contribution < 1.29 is 14.7 Å². The van der Waals surface area contributed by atoms with Gasteiger partial charge in [-0.05, 0) is 44.1 Å². The molecule has 1 atom stereocenters. The predicted octanol–water partition coefficient (Wildman–Crippen LogP) is 3.09. The number of nitrogens with one attached hydrogen (secondary N) is 1. The van der Waals surface area contributed by atoms with Crippen LogP contribution in [0, 0.1) is 5.92 Å². The largest absolute Gasteiger partial charge is 0.481 e. The van der Waals surface area contributed by atoms with Crippen molar-refractivity contribution in [2.24, 2.45) is 5.92 Å². The van der Waals surface area contributed by atoms with E-state index in [9.17, 15) is 9.59 Å². The van der Waals surface area contributed by atoms with Gasteiger partial charge in [0.15, 0.2) is 0 Å². The monoisotopic (exact) mass is 310 g/mol. The van der Waals surface area contributed by atoms with Gasteiger partial charge in [-0.2, -0.15) is 0 Å². The minimum Gasteiger partial charge on any atom is -0.481 e. The van der Waals surface area contributed by atoms with Gasteiger partial charge in [0.2, 0.25) is 0 Å². The summed E-state index contributed by atoms with van der Waals surface area (Å²) in [5.41, 5.74) is 0. The molecule has 1 aromatic rings. The van der Waals surface area contributed by atoms with Crippen LogP contribution < -0.4 is 5.32 Å². The molecule has 5 nitrogen and oxygen atoms in total. The van der Waals surface area contributed by atoms with E-state index in [1.807, 2.05) is 24.4 Å². The Morgan fingerprint density at radius 2 is 2.05 bits per heavy atom. The molecule has 116 valence electrons. The van der Waals surface area contributed by atoms with Crippen molar-refractivity contribution in [1.29, 1.82) is 0 Å². The molecule has 1 heterocycles. The first-order valence-electron chi connectivity index (χ1n) is 7.28. The molecule has 21 heavy (non-hydrogen) atoms. The Bertz CT molecular complexity index is 481. The second-order valence-corrected chi connectivity index (χ2v) is 6.62. The lowest BCUT2D eigenvalue weighted by molar-refractivity contribution is -0.142. The van der Waals surface area contributed by atoms with Gasteiger partial charge in [-0.15, -0.1) is 11.3 Å². The van der Waals surface area contributed by atoms with E-state index in [1.165, 1.54) is 0 Å². The Kier molecular flexibility index (Phi) is 5.22. The topological polar surface area (TPSA) is 69.6 Å². The number of carboxylic acid groups (broad SMARTS) is 1. The van der Waals surface area contributed by atoms with E-state index >= 15 is 0 Å². The molecule has 2 amide bonds. The molecule has 0 aromatic carbocycles. The van der Waals surface area contributed by atoms with Crippen molar-refractivity contribution in [3.8, 4) is 0 Å².